The highest BCUT2D eigenvalue weighted by Gasteiger charge is 2.33. The van der Waals surface area contributed by atoms with Crippen LogP contribution in [0.2, 0.25) is 0 Å². The number of aromatic nitrogens is 2. The molecule has 0 saturated heterocycles. The van der Waals surface area contributed by atoms with E-state index in [1.54, 1.807) is 0 Å². The number of carbonyl (C=O) groups is 1. The van der Waals surface area contributed by atoms with Crippen molar-refractivity contribution in [2.45, 2.75) is 6.18 Å². The van der Waals surface area contributed by atoms with Crippen molar-refractivity contribution < 1.29 is 18.0 Å². The Bertz CT molecular complexity index is 728. The van der Waals surface area contributed by atoms with Crippen LogP contribution in [0.15, 0.2) is 30.5 Å². The van der Waals surface area contributed by atoms with Crippen molar-refractivity contribution in [3.8, 4) is 11.8 Å². The van der Waals surface area contributed by atoms with E-state index in [1.807, 2.05) is 0 Å². The summed E-state index contributed by atoms with van der Waals surface area (Å²) in [5.41, 5.74) is -1.13. The molecule has 0 aliphatic carbocycles. The fourth-order valence-corrected chi connectivity index (χ4v) is 1.73. The summed E-state index contributed by atoms with van der Waals surface area (Å²) >= 11 is 0. The molecule has 0 aliphatic heterocycles. The Labute approximate surface area is 117 Å². The van der Waals surface area contributed by atoms with Crippen molar-refractivity contribution in [1.29, 1.82) is 5.26 Å². The molecule has 2 aromatic rings. The van der Waals surface area contributed by atoms with Crippen LogP contribution in [0.25, 0.3) is 5.69 Å². The Morgan fingerprint density at radius 1 is 1.38 bits per heavy atom. The molecule has 5 nitrogen and oxygen atoms in total. The molecular formula is C13H9F3N4O. The van der Waals surface area contributed by atoms with Crippen LogP contribution < -0.4 is 5.32 Å². The molecule has 2 rings (SSSR count). The summed E-state index contributed by atoms with van der Waals surface area (Å²) in [7, 11) is 1.44. The molecule has 108 valence electrons. The van der Waals surface area contributed by atoms with Gasteiger partial charge in [-0.2, -0.15) is 23.5 Å². The largest absolute Gasteiger partial charge is 0.417 e. The second-order valence-corrected chi connectivity index (χ2v) is 4.06. The van der Waals surface area contributed by atoms with Gasteiger partial charge in [0.15, 0.2) is 5.69 Å². The van der Waals surface area contributed by atoms with Crippen molar-refractivity contribution >= 4 is 5.91 Å². The predicted octanol–water partition coefficient (Wildman–Crippen LogP) is 2.12. The van der Waals surface area contributed by atoms with E-state index in [9.17, 15) is 18.0 Å². The standard InChI is InChI=1S/C13H9F3N4O/c1-18-12(21)11-4-5-20(19-11)9-2-3-10(13(14,15)16)8(6-9)7-17/h2-6H,1H3,(H,18,21). The van der Waals surface area contributed by atoms with Crippen LogP contribution in [0.3, 0.4) is 0 Å². The Morgan fingerprint density at radius 3 is 2.67 bits per heavy atom. The minimum absolute atomic E-state index is 0.121. The number of benzene rings is 1. The molecule has 0 fully saturated rings. The lowest BCUT2D eigenvalue weighted by atomic mass is 10.1. The molecule has 0 aliphatic rings. The molecule has 1 aromatic heterocycles. The van der Waals surface area contributed by atoms with Crippen LogP contribution in [0.5, 0.6) is 0 Å². The highest BCUT2D eigenvalue weighted by molar-refractivity contribution is 5.91. The summed E-state index contributed by atoms with van der Waals surface area (Å²) in [4.78, 5) is 11.4. The Morgan fingerprint density at radius 2 is 2.10 bits per heavy atom. The Hall–Kier alpha value is -2.82. The van der Waals surface area contributed by atoms with Crippen LogP contribution >= 0.6 is 0 Å². The van der Waals surface area contributed by atoms with Gasteiger partial charge in [0.05, 0.1) is 22.9 Å². The lowest BCUT2D eigenvalue weighted by Gasteiger charge is -2.10. The first-order valence-electron chi connectivity index (χ1n) is 5.76. The van der Waals surface area contributed by atoms with Gasteiger partial charge in [-0.15, -0.1) is 0 Å². The van der Waals surface area contributed by atoms with Crippen molar-refractivity contribution in [3.05, 3.63) is 47.3 Å². The quantitative estimate of drug-likeness (QED) is 0.922. The third kappa shape index (κ3) is 2.86. The van der Waals surface area contributed by atoms with Crippen molar-refractivity contribution in [3.63, 3.8) is 0 Å². The van der Waals surface area contributed by atoms with Gasteiger partial charge in [0.25, 0.3) is 5.91 Å². The van der Waals surface area contributed by atoms with Gasteiger partial charge in [-0.3, -0.25) is 4.79 Å². The van der Waals surface area contributed by atoms with Crippen LogP contribution in [-0.2, 0) is 6.18 Å². The van der Waals surface area contributed by atoms with Gasteiger partial charge in [0, 0.05) is 13.2 Å². The second-order valence-electron chi connectivity index (χ2n) is 4.06. The van der Waals surface area contributed by atoms with Gasteiger partial charge < -0.3 is 5.32 Å². The minimum atomic E-state index is -4.60. The molecule has 0 radical (unpaired) electrons. The molecule has 0 bridgehead atoms. The molecule has 8 heteroatoms. The molecule has 0 atom stereocenters. The van der Waals surface area contributed by atoms with Crippen LogP contribution in [-0.4, -0.2) is 22.7 Å². The first kappa shape index (κ1) is 14.6. The Kier molecular flexibility index (Phi) is 3.67. The SMILES string of the molecule is CNC(=O)c1ccn(-c2ccc(C(F)(F)F)c(C#N)c2)n1. The number of hydrogen-bond acceptors (Lipinski definition) is 3. The first-order valence-corrected chi connectivity index (χ1v) is 5.76. The minimum Gasteiger partial charge on any atom is -0.354 e. The predicted molar refractivity (Wildman–Crippen MR) is 66.7 cm³/mol. The second kappa shape index (κ2) is 5.28. The summed E-state index contributed by atoms with van der Waals surface area (Å²) in [6.45, 7) is 0. The highest BCUT2D eigenvalue weighted by Crippen LogP contribution is 2.32. The summed E-state index contributed by atoms with van der Waals surface area (Å²) in [6, 6.07) is 6.00. The molecular weight excluding hydrogens is 285 g/mol. The number of nitrogens with zero attached hydrogens (tertiary/aromatic N) is 3. The third-order valence-electron chi connectivity index (χ3n) is 2.74. The maximum absolute atomic E-state index is 12.7. The summed E-state index contributed by atoms with van der Waals surface area (Å²) in [6.07, 6.45) is -3.17. The van der Waals surface area contributed by atoms with Gasteiger partial charge >= 0.3 is 6.18 Å². The van der Waals surface area contributed by atoms with E-state index >= 15 is 0 Å². The molecule has 1 aromatic carbocycles. The van der Waals surface area contributed by atoms with Gasteiger partial charge in [-0.25, -0.2) is 4.68 Å². The van der Waals surface area contributed by atoms with Crippen LogP contribution in [0, 0.1) is 11.3 Å². The Balaban J connectivity index is 2.45. The topological polar surface area (TPSA) is 70.7 Å². The summed E-state index contributed by atoms with van der Waals surface area (Å²) in [5, 5.41) is 15.2. The lowest BCUT2D eigenvalue weighted by Crippen LogP contribution is -2.18. The molecule has 1 amide bonds. The van der Waals surface area contributed by atoms with Gasteiger partial charge in [-0.1, -0.05) is 0 Å². The number of alkyl halides is 3. The zero-order chi connectivity index (χ0) is 15.6. The first-order chi connectivity index (χ1) is 9.86. The van der Waals surface area contributed by atoms with Crippen molar-refractivity contribution in [1.82, 2.24) is 15.1 Å². The lowest BCUT2D eigenvalue weighted by molar-refractivity contribution is -0.137. The normalized spacial score (nSPS) is 11.0. The number of amides is 1. The zero-order valence-corrected chi connectivity index (χ0v) is 10.8. The van der Waals surface area contributed by atoms with Crippen molar-refractivity contribution in [2.24, 2.45) is 0 Å². The maximum Gasteiger partial charge on any atom is 0.417 e. The number of nitrogens with one attached hydrogen (secondary N) is 1. The maximum atomic E-state index is 12.7. The highest BCUT2D eigenvalue weighted by atomic mass is 19.4. The molecule has 1 N–H and O–H groups in total. The number of halogens is 3. The third-order valence-corrected chi connectivity index (χ3v) is 2.74. The number of carbonyl (C=O) groups excluding carboxylic acids is 1. The molecule has 0 spiro atoms. The van der Waals surface area contributed by atoms with E-state index in [0.717, 1.165) is 12.1 Å². The molecule has 0 saturated carbocycles. The fourth-order valence-electron chi connectivity index (χ4n) is 1.73. The smallest absolute Gasteiger partial charge is 0.354 e. The summed E-state index contributed by atoms with van der Waals surface area (Å²) < 4.78 is 39.3. The van der Waals surface area contributed by atoms with Crippen LogP contribution in [0.4, 0.5) is 13.2 Å². The van der Waals surface area contributed by atoms with E-state index in [4.69, 9.17) is 5.26 Å². The van der Waals surface area contributed by atoms with E-state index in [-0.39, 0.29) is 11.4 Å². The average Bonchev–Trinajstić information content (AvgIpc) is 2.94. The van der Waals surface area contributed by atoms with Gasteiger partial charge in [0.2, 0.25) is 0 Å². The van der Waals surface area contributed by atoms with E-state index in [2.05, 4.69) is 10.4 Å². The fraction of sp³-hybridized carbons (Fsp3) is 0.154. The summed E-state index contributed by atoms with van der Waals surface area (Å²) in [5.74, 6) is -0.416. The monoisotopic (exact) mass is 294 g/mol. The molecule has 0 unspecified atom stereocenters. The van der Waals surface area contributed by atoms with Gasteiger partial charge in [0.1, 0.15) is 0 Å². The van der Waals surface area contributed by atoms with Crippen LogP contribution in [0.1, 0.15) is 21.6 Å². The van der Waals surface area contributed by atoms with E-state index < -0.39 is 23.2 Å². The van der Waals surface area contributed by atoms with Gasteiger partial charge in [-0.05, 0) is 24.3 Å². The zero-order valence-electron chi connectivity index (χ0n) is 10.8. The van der Waals surface area contributed by atoms with E-state index in [1.165, 1.54) is 36.1 Å². The van der Waals surface area contributed by atoms with Crippen molar-refractivity contribution in [2.75, 3.05) is 7.05 Å². The number of nitriles is 1. The number of hydrogen-bond donors (Lipinski definition) is 1. The average molecular weight is 294 g/mol. The molecule has 21 heavy (non-hydrogen) atoms. The number of rotatable bonds is 2. The van der Waals surface area contributed by atoms with E-state index in [0.29, 0.717) is 0 Å². The molecule has 1 heterocycles.